The van der Waals surface area contributed by atoms with Crippen molar-refractivity contribution in [2.75, 3.05) is 0 Å². The minimum Gasteiger partial charge on any atom is -0.273 e. The molecule has 4 aromatic rings. The molecule has 32 heavy (non-hydrogen) atoms. The summed E-state index contributed by atoms with van der Waals surface area (Å²) in [6, 6.07) is 11.2. The van der Waals surface area contributed by atoms with Crippen LogP contribution in [0.1, 0.15) is 30.5 Å². The molecule has 8 heteroatoms. The highest BCUT2D eigenvalue weighted by molar-refractivity contribution is 5.61. The minimum absolute atomic E-state index is 0.0689. The third-order valence-electron chi connectivity index (χ3n) is 5.14. The fourth-order valence-corrected chi connectivity index (χ4v) is 3.41. The maximum absolute atomic E-state index is 14.2. The highest BCUT2D eigenvalue weighted by atomic mass is 19.3. The van der Waals surface area contributed by atoms with E-state index in [-0.39, 0.29) is 22.6 Å². The lowest BCUT2D eigenvalue weighted by atomic mass is 10.1. The summed E-state index contributed by atoms with van der Waals surface area (Å²) in [5.41, 5.74) is 1.40. The Morgan fingerprint density at radius 3 is 2.50 bits per heavy atom. The zero-order valence-corrected chi connectivity index (χ0v) is 17.6. The van der Waals surface area contributed by atoms with E-state index in [1.165, 1.54) is 47.2 Å². The first-order valence-corrected chi connectivity index (χ1v) is 10.1. The molecule has 0 fully saturated rings. The van der Waals surface area contributed by atoms with Crippen molar-refractivity contribution in [3.05, 3.63) is 100.0 Å². The summed E-state index contributed by atoms with van der Waals surface area (Å²) in [5.74, 6) is -3.52. The van der Waals surface area contributed by atoms with Crippen LogP contribution < -0.4 is 5.56 Å². The van der Waals surface area contributed by atoms with Gasteiger partial charge in [0.15, 0.2) is 0 Å². The number of benzene rings is 1. The molecule has 0 amide bonds. The topological polar surface area (TPSA) is 52.7 Å². The Morgan fingerprint density at radius 2 is 1.84 bits per heavy atom. The summed E-state index contributed by atoms with van der Waals surface area (Å²) in [4.78, 5) is 17.6. The number of pyridine rings is 2. The Bertz CT molecular complexity index is 1300. The van der Waals surface area contributed by atoms with Gasteiger partial charge < -0.3 is 0 Å². The Morgan fingerprint density at radius 1 is 1.09 bits per heavy atom. The lowest BCUT2D eigenvalue weighted by Gasteiger charge is -2.15. The molecule has 0 aliphatic carbocycles. The molecule has 0 saturated heterocycles. The van der Waals surface area contributed by atoms with Crippen LogP contribution >= 0.6 is 0 Å². The molecule has 1 aromatic carbocycles. The van der Waals surface area contributed by atoms with E-state index in [9.17, 15) is 18.0 Å². The van der Waals surface area contributed by atoms with Gasteiger partial charge in [-0.3, -0.25) is 14.0 Å². The number of rotatable bonds is 6. The van der Waals surface area contributed by atoms with Crippen molar-refractivity contribution in [3.63, 3.8) is 0 Å². The third kappa shape index (κ3) is 4.49. The lowest BCUT2D eigenvalue weighted by Crippen LogP contribution is -2.23. The summed E-state index contributed by atoms with van der Waals surface area (Å²) in [5, 5.41) is 4.22. The Hall–Kier alpha value is -3.68. The normalized spacial score (nSPS) is 11.7. The van der Waals surface area contributed by atoms with E-state index in [0.29, 0.717) is 24.1 Å². The predicted octanol–water partition coefficient (Wildman–Crippen LogP) is 4.96. The fourth-order valence-electron chi connectivity index (χ4n) is 3.41. The molecule has 3 aromatic heterocycles. The second-order valence-corrected chi connectivity index (χ2v) is 7.58. The molecule has 0 aliphatic heterocycles. The van der Waals surface area contributed by atoms with Crippen LogP contribution in [-0.4, -0.2) is 19.3 Å². The number of halogens is 3. The largest absolute Gasteiger partial charge is 0.273 e. The standard InChI is InChI=1S/C24H21F3N4O/c1-3-30-15-16(14-28-30)11-18-5-4-10-31(23(18)32)22-13-19(24(2,26)27)12-21(29-22)17-6-8-20(25)9-7-17/h4-10,12-15H,3,11H2,1-2H3. The first-order chi connectivity index (χ1) is 15.2. The fraction of sp³-hybridized carbons (Fsp3) is 0.208. The van der Waals surface area contributed by atoms with Crippen molar-refractivity contribution < 1.29 is 13.2 Å². The van der Waals surface area contributed by atoms with Gasteiger partial charge in [-0.1, -0.05) is 6.07 Å². The summed E-state index contributed by atoms with van der Waals surface area (Å²) < 4.78 is 44.8. The van der Waals surface area contributed by atoms with Crippen LogP contribution in [0.2, 0.25) is 0 Å². The maximum atomic E-state index is 14.2. The van der Waals surface area contributed by atoms with E-state index in [1.807, 2.05) is 13.1 Å². The van der Waals surface area contributed by atoms with E-state index in [4.69, 9.17) is 0 Å². The van der Waals surface area contributed by atoms with Crippen molar-refractivity contribution in [2.45, 2.75) is 32.7 Å². The maximum Gasteiger partial charge on any atom is 0.270 e. The first-order valence-electron chi connectivity index (χ1n) is 10.1. The summed E-state index contributed by atoms with van der Waals surface area (Å²) in [6.45, 7) is 3.46. The first kappa shape index (κ1) is 21.5. The molecule has 0 bridgehead atoms. The molecule has 0 atom stereocenters. The van der Waals surface area contributed by atoms with Gasteiger partial charge >= 0.3 is 0 Å². The van der Waals surface area contributed by atoms with E-state index in [2.05, 4.69) is 10.1 Å². The number of nitrogens with zero attached hydrogens (tertiary/aromatic N) is 4. The highest BCUT2D eigenvalue weighted by Gasteiger charge is 2.26. The van der Waals surface area contributed by atoms with Gasteiger partial charge in [0.1, 0.15) is 11.6 Å². The number of aryl methyl sites for hydroxylation is 1. The van der Waals surface area contributed by atoms with E-state index >= 15 is 0 Å². The molecule has 4 rings (SSSR count). The zero-order chi connectivity index (χ0) is 22.9. The van der Waals surface area contributed by atoms with Gasteiger partial charge in [-0.2, -0.15) is 5.10 Å². The zero-order valence-electron chi connectivity index (χ0n) is 17.6. The lowest BCUT2D eigenvalue weighted by molar-refractivity contribution is 0.0174. The second kappa shape index (κ2) is 8.45. The van der Waals surface area contributed by atoms with Gasteiger partial charge in [0, 0.05) is 49.0 Å². The quantitative estimate of drug-likeness (QED) is 0.428. The van der Waals surface area contributed by atoms with Crippen molar-refractivity contribution in [1.29, 1.82) is 0 Å². The van der Waals surface area contributed by atoms with Crippen molar-refractivity contribution in [2.24, 2.45) is 0 Å². The molecule has 0 radical (unpaired) electrons. The van der Waals surface area contributed by atoms with Crippen LogP contribution in [0.5, 0.6) is 0 Å². The van der Waals surface area contributed by atoms with Crippen LogP contribution in [0.15, 0.2) is 71.9 Å². The van der Waals surface area contributed by atoms with Gasteiger partial charge in [0.05, 0.1) is 11.9 Å². The number of hydrogen-bond donors (Lipinski definition) is 0. The minimum atomic E-state index is -3.15. The molecule has 0 saturated carbocycles. The van der Waals surface area contributed by atoms with E-state index in [1.54, 1.807) is 23.0 Å². The molecule has 0 aliphatic rings. The van der Waals surface area contributed by atoms with E-state index in [0.717, 1.165) is 12.5 Å². The summed E-state index contributed by atoms with van der Waals surface area (Å²) in [6.07, 6.45) is 5.41. The second-order valence-electron chi connectivity index (χ2n) is 7.58. The number of hydrogen-bond acceptors (Lipinski definition) is 3. The van der Waals surface area contributed by atoms with Gasteiger partial charge in [0.25, 0.3) is 11.5 Å². The van der Waals surface area contributed by atoms with Crippen LogP contribution in [0.4, 0.5) is 13.2 Å². The number of alkyl halides is 2. The van der Waals surface area contributed by atoms with Gasteiger partial charge in [0.2, 0.25) is 0 Å². The molecule has 3 heterocycles. The molecule has 5 nitrogen and oxygen atoms in total. The van der Waals surface area contributed by atoms with Crippen molar-refractivity contribution >= 4 is 0 Å². The summed E-state index contributed by atoms with van der Waals surface area (Å²) >= 11 is 0. The summed E-state index contributed by atoms with van der Waals surface area (Å²) in [7, 11) is 0. The molecule has 0 unspecified atom stereocenters. The van der Waals surface area contributed by atoms with Gasteiger partial charge in [-0.25, -0.2) is 18.2 Å². The highest BCUT2D eigenvalue weighted by Crippen LogP contribution is 2.31. The average molecular weight is 438 g/mol. The van der Waals surface area contributed by atoms with Crippen LogP contribution in [0.3, 0.4) is 0 Å². The monoisotopic (exact) mass is 438 g/mol. The van der Waals surface area contributed by atoms with Crippen LogP contribution in [-0.2, 0) is 18.9 Å². The average Bonchev–Trinajstić information content (AvgIpc) is 3.22. The number of aromatic nitrogens is 4. The van der Waals surface area contributed by atoms with Crippen LogP contribution in [0, 0.1) is 5.82 Å². The van der Waals surface area contributed by atoms with Gasteiger partial charge in [-0.05, 0) is 55.0 Å². The SMILES string of the molecule is CCn1cc(Cc2cccn(-c3cc(C(C)(F)F)cc(-c4ccc(F)cc4)n3)c2=O)cn1. The predicted molar refractivity (Wildman–Crippen MR) is 116 cm³/mol. The molecular formula is C24H21F3N4O. The Balaban J connectivity index is 1.81. The van der Waals surface area contributed by atoms with Crippen molar-refractivity contribution in [3.8, 4) is 17.1 Å². The molecule has 0 spiro atoms. The Labute approximate surface area is 182 Å². The smallest absolute Gasteiger partial charge is 0.270 e. The molecule has 164 valence electrons. The molecular weight excluding hydrogens is 417 g/mol. The third-order valence-corrected chi connectivity index (χ3v) is 5.14. The molecule has 0 N–H and O–H groups in total. The van der Waals surface area contributed by atoms with Crippen LogP contribution in [0.25, 0.3) is 17.1 Å². The van der Waals surface area contributed by atoms with Crippen molar-refractivity contribution in [1.82, 2.24) is 19.3 Å². The van der Waals surface area contributed by atoms with Gasteiger partial charge in [-0.15, -0.1) is 0 Å². The van der Waals surface area contributed by atoms with E-state index < -0.39 is 11.7 Å². The Kier molecular flexibility index (Phi) is 5.69.